The molecule has 0 radical (unpaired) electrons. The molecule has 0 spiro atoms. The lowest BCUT2D eigenvalue weighted by atomic mass is 10.2. The molecule has 0 saturated heterocycles. The summed E-state index contributed by atoms with van der Waals surface area (Å²) >= 11 is 0. The van der Waals surface area contributed by atoms with Crippen LogP contribution in [0.15, 0.2) is 24.3 Å². The lowest BCUT2D eigenvalue weighted by Crippen LogP contribution is -2.01. The molecule has 1 N–H and O–H groups in total. The lowest BCUT2D eigenvalue weighted by molar-refractivity contribution is -0.0498. The van der Waals surface area contributed by atoms with Gasteiger partial charge in [-0.3, -0.25) is 5.10 Å². The predicted molar refractivity (Wildman–Crippen MR) is 60.4 cm³/mol. The van der Waals surface area contributed by atoms with Gasteiger partial charge in [-0.15, -0.1) is 0 Å². The molecule has 1 aliphatic carbocycles. The minimum atomic E-state index is -2.82. The molecule has 0 amide bonds. The minimum Gasteiger partial charge on any atom is -0.435 e. The van der Waals surface area contributed by atoms with Crippen LogP contribution < -0.4 is 4.74 Å². The number of aromatic amines is 1. The zero-order valence-corrected chi connectivity index (χ0v) is 9.44. The molecule has 1 aromatic heterocycles. The Hall–Kier alpha value is -1.98. The number of rotatable bonds is 4. The molecule has 0 aliphatic heterocycles. The Morgan fingerprint density at radius 3 is 2.89 bits per heavy atom. The van der Waals surface area contributed by atoms with Crippen LogP contribution in [0, 0.1) is 0 Å². The highest BCUT2D eigenvalue weighted by atomic mass is 19.3. The van der Waals surface area contributed by atoms with Crippen LogP contribution in [0.4, 0.5) is 8.78 Å². The number of nitrogens with zero attached hydrogens (tertiary/aromatic N) is 2. The number of hydrogen-bond donors (Lipinski definition) is 1. The summed E-state index contributed by atoms with van der Waals surface area (Å²) in [6.07, 6.45) is 2.26. The number of aromatic nitrogens is 3. The number of H-pyrrole nitrogens is 1. The van der Waals surface area contributed by atoms with Crippen molar-refractivity contribution in [3.63, 3.8) is 0 Å². The summed E-state index contributed by atoms with van der Waals surface area (Å²) in [5.74, 6) is 1.97. The molecule has 1 aromatic carbocycles. The summed E-state index contributed by atoms with van der Waals surface area (Å²) in [7, 11) is 0. The number of halogens is 2. The molecule has 0 atom stereocenters. The molecule has 1 fully saturated rings. The molecule has 1 saturated carbocycles. The molecule has 94 valence electrons. The highest BCUT2D eigenvalue weighted by Crippen LogP contribution is 2.38. The van der Waals surface area contributed by atoms with E-state index in [1.54, 1.807) is 12.1 Å². The standard InChI is InChI=1S/C12H11F2N3O/c13-12(14)18-9-3-1-2-8(6-9)11-15-10(16-17-11)7-4-5-7/h1-3,6-7,12H,4-5H2,(H,15,16,17). The van der Waals surface area contributed by atoms with Crippen LogP contribution in [-0.2, 0) is 0 Å². The van der Waals surface area contributed by atoms with Gasteiger partial charge in [0.05, 0.1) is 0 Å². The fraction of sp³-hybridized carbons (Fsp3) is 0.333. The van der Waals surface area contributed by atoms with Crippen LogP contribution in [0.1, 0.15) is 24.6 Å². The molecule has 6 heteroatoms. The number of hydrogen-bond acceptors (Lipinski definition) is 3. The van der Waals surface area contributed by atoms with Crippen molar-refractivity contribution in [3.8, 4) is 17.1 Å². The molecular weight excluding hydrogens is 240 g/mol. The number of benzene rings is 1. The van der Waals surface area contributed by atoms with Crippen molar-refractivity contribution in [3.05, 3.63) is 30.1 Å². The van der Waals surface area contributed by atoms with Crippen LogP contribution in [0.2, 0.25) is 0 Å². The van der Waals surface area contributed by atoms with Crippen LogP contribution in [-0.4, -0.2) is 21.8 Å². The van der Waals surface area contributed by atoms with Crippen molar-refractivity contribution in [1.29, 1.82) is 0 Å². The van der Waals surface area contributed by atoms with Gasteiger partial charge >= 0.3 is 6.61 Å². The van der Waals surface area contributed by atoms with Gasteiger partial charge in [-0.2, -0.15) is 13.9 Å². The molecule has 3 rings (SSSR count). The van der Waals surface area contributed by atoms with Crippen molar-refractivity contribution in [2.24, 2.45) is 0 Å². The van der Waals surface area contributed by atoms with Gasteiger partial charge < -0.3 is 4.74 Å². The van der Waals surface area contributed by atoms with E-state index in [9.17, 15) is 8.78 Å². The molecule has 0 bridgehead atoms. The summed E-state index contributed by atoms with van der Waals surface area (Å²) in [6.45, 7) is -2.82. The van der Waals surface area contributed by atoms with Gasteiger partial charge in [0.15, 0.2) is 5.82 Å². The Labute approximate surface area is 102 Å². The Morgan fingerprint density at radius 1 is 1.33 bits per heavy atom. The SMILES string of the molecule is FC(F)Oc1cccc(-c2n[nH]c(C3CC3)n2)c1. The van der Waals surface area contributed by atoms with Crippen LogP contribution >= 0.6 is 0 Å². The Morgan fingerprint density at radius 2 is 2.17 bits per heavy atom. The smallest absolute Gasteiger partial charge is 0.387 e. The summed E-state index contributed by atoms with van der Waals surface area (Å²) in [5.41, 5.74) is 0.663. The van der Waals surface area contributed by atoms with Crippen molar-refractivity contribution in [2.75, 3.05) is 0 Å². The zero-order valence-electron chi connectivity index (χ0n) is 9.44. The van der Waals surface area contributed by atoms with Gasteiger partial charge in [0.25, 0.3) is 0 Å². The van der Waals surface area contributed by atoms with E-state index in [-0.39, 0.29) is 5.75 Å². The number of alkyl halides is 2. The first-order valence-corrected chi connectivity index (χ1v) is 5.70. The quantitative estimate of drug-likeness (QED) is 0.908. The summed E-state index contributed by atoms with van der Waals surface area (Å²) in [6, 6.07) is 6.38. The van der Waals surface area contributed by atoms with Gasteiger partial charge in [0, 0.05) is 11.5 Å². The second kappa shape index (κ2) is 4.36. The van der Waals surface area contributed by atoms with Crippen LogP contribution in [0.3, 0.4) is 0 Å². The predicted octanol–water partition coefficient (Wildman–Crippen LogP) is 2.95. The zero-order chi connectivity index (χ0) is 12.5. The first-order chi connectivity index (χ1) is 8.72. The third kappa shape index (κ3) is 2.32. The van der Waals surface area contributed by atoms with Gasteiger partial charge in [0.2, 0.25) is 0 Å². The normalized spacial score (nSPS) is 15.1. The number of ether oxygens (including phenoxy) is 1. The van der Waals surface area contributed by atoms with Crippen molar-refractivity contribution < 1.29 is 13.5 Å². The molecule has 4 nitrogen and oxygen atoms in total. The van der Waals surface area contributed by atoms with Gasteiger partial charge in [0.1, 0.15) is 11.6 Å². The van der Waals surface area contributed by atoms with E-state index in [0.29, 0.717) is 17.3 Å². The van der Waals surface area contributed by atoms with Crippen molar-refractivity contribution >= 4 is 0 Å². The summed E-state index contributed by atoms with van der Waals surface area (Å²) < 4.78 is 28.6. The fourth-order valence-electron chi connectivity index (χ4n) is 1.75. The third-order valence-electron chi connectivity index (χ3n) is 2.78. The van der Waals surface area contributed by atoms with E-state index in [1.165, 1.54) is 12.1 Å². The summed E-state index contributed by atoms with van der Waals surface area (Å²) in [4.78, 5) is 4.35. The highest BCUT2D eigenvalue weighted by molar-refractivity contribution is 5.57. The average Bonchev–Trinajstić information content (AvgIpc) is 3.07. The topological polar surface area (TPSA) is 50.8 Å². The molecular formula is C12H11F2N3O. The van der Waals surface area contributed by atoms with E-state index in [1.807, 2.05) is 0 Å². The Balaban J connectivity index is 1.85. The average molecular weight is 251 g/mol. The Kier molecular flexibility index (Phi) is 2.70. The van der Waals surface area contributed by atoms with E-state index in [0.717, 1.165) is 18.7 Å². The second-order valence-corrected chi connectivity index (χ2v) is 4.22. The van der Waals surface area contributed by atoms with E-state index < -0.39 is 6.61 Å². The van der Waals surface area contributed by atoms with E-state index in [4.69, 9.17) is 0 Å². The monoisotopic (exact) mass is 251 g/mol. The molecule has 0 unspecified atom stereocenters. The highest BCUT2D eigenvalue weighted by Gasteiger charge is 2.27. The molecule has 2 aromatic rings. The largest absolute Gasteiger partial charge is 0.435 e. The Bertz CT molecular complexity index is 552. The van der Waals surface area contributed by atoms with Crippen LogP contribution in [0.25, 0.3) is 11.4 Å². The van der Waals surface area contributed by atoms with Gasteiger partial charge in [-0.05, 0) is 25.0 Å². The third-order valence-corrected chi connectivity index (χ3v) is 2.78. The van der Waals surface area contributed by atoms with Crippen molar-refractivity contribution in [2.45, 2.75) is 25.4 Å². The maximum absolute atomic E-state index is 12.1. The number of nitrogens with one attached hydrogen (secondary N) is 1. The molecule has 1 aliphatic rings. The first kappa shape index (κ1) is 11.1. The molecule has 1 heterocycles. The molecule has 18 heavy (non-hydrogen) atoms. The van der Waals surface area contributed by atoms with Crippen LogP contribution in [0.5, 0.6) is 5.75 Å². The second-order valence-electron chi connectivity index (χ2n) is 4.22. The van der Waals surface area contributed by atoms with E-state index in [2.05, 4.69) is 19.9 Å². The lowest BCUT2D eigenvalue weighted by Gasteiger charge is -2.04. The van der Waals surface area contributed by atoms with Crippen molar-refractivity contribution in [1.82, 2.24) is 15.2 Å². The van der Waals surface area contributed by atoms with Gasteiger partial charge in [-0.25, -0.2) is 4.98 Å². The fourth-order valence-corrected chi connectivity index (χ4v) is 1.75. The maximum Gasteiger partial charge on any atom is 0.387 e. The first-order valence-electron chi connectivity index (χ1n) is 5.70. The minimum absolute atomic E-state index is 0.111. The maximum atomic E-state index is 12.1. The van der Waals surface area contributed by atoms with E-state index >= 15 is 0 Å². The summed E-state index contributed by atoms with van der Waals surface area (Å²) in [5, 5.41) is 6.97. The van der Waals surface area contributed by atoms with Gasteiger partial charge in [-0.1, -0.05) is 12.1 Å².